The van der Waals surface area contributed by atoms with Crippen molar-refractivity contribution in [2.45, 2.75) is 192 Å². The number of carbonyl (C=O) groups is 1. The highest BCUT2D eigenvalue weighted by molar-refractivity contribution is 6.09. The van der Waals surface area contributed by atoms with Gasteiger partial charge in [0.25, 0.3) is 0 Å². The fourth-order valence-electron chi connectivity index (χ4n) is 8.63. The number of benzene rings is 4. The van der Waals surface area contributed by atoms with Crippen molar-refractivity contribution >= 4 is 5.78 Å². The van der Waals surface area contributed by atoms with Gasteiger partial charge in [-0.2, -0.15) is 0 Å². The van der Waals surface area contributed by atoms with Crippen LogP contribution in [-0.2, 0) is 19.3 Å². The molecule has 0 amide bonds. The van der Waals surface area contributed by atoms with Gasteiger partial charge in [0.15, 0.2) is 5.78 Å². The minimum absolute atomic E-state index is 0. The summed E-state index contributed by atoms with van der Waals surface area (Å²) in [6.45, 7) is 26.5. The predicted molar refractivity (Wildman–Crippen MR) is 278 cm³/mol. The van der Waals surface area contributed by atoms with Crippen molar-refractivity contribution in [1.82, 2.24) is 0 Å². The van der Waals surface area contributed by atoms with Crippen molar-refractivity contribution in [3.8, 4) is 0 Å². The Bertz CT molecular complexity index is 1640. The summed E-state index contributed by atoms with van der Waals surface area (Å²) >= 11 is 0. The van der Waals surface area contributed by atoms with Crippen LogP contribution in [0.5, 0.6) is 0 Å². The third-order valence-corrected chi connectivity index (χ3v) is 13.2. The number of aryl methyl sites for hydroxylation is 6. The molecule has 0 unspecified atom stereocenters. The van der Waals surface area contributed by atoms with Gasteiger partial charge < -0.3 is 0 Å². The predicted octanol–water partition coefficient (Wildman–Crippen LogP) is 18.9. The first-order valence-corrected chi connectivity index (χ1v) is 25.1. The molecule has 0 spiro atoms. The molecule has 0 bridgehead atoms. The van der Waals surface area contributed by atoms with E-state index in [0.29, 0.717) is 0 Å². The summed E-state index contributed by atoms with van der Waals surface area (Å²) in [5, 5.41) is 0. The van der Waals surface area contributed by atoms with Gasteiger partial charge in [0.1, 0.15) is 0 Å². The monoisotopic (exact) mass is 835 g/mol. The molecule has 344 valence electrons. The van der Waals surface area contributed by atoms with Gasteiger partial charge in [-0.25, -0.2) is 0 Å². The number of hydrogen-bond donors (Lipinski definition) is 0. The molecule has 0 N–H and O–H groups in total. The second-order valence-electron chi connectivity index (χ2n) is 19.5. The number of hydrogen-bond acceptors (Lipinski definition) is 1. The molecular weight excluding hydrogens is 737 g/mol. The minimum atomic E-state index is 0. The molecule has 3 aliphatic carbocycles. The molecule has 3 fully saturated rings. The molecule has 3 aliphatic rings. The first-order valence-electron chi connectivity index (χ1n) is 25.1. The number of rotatable bonds is 7. The van der Waals surface area contributed by atoms with E-state index in [9.17, 15) is 4.79 Å². The molecule has 0 saturated heterocycles. The van der Waals surface area contributed by atoms with Crippen molar-refractivity contribution < 1.29 is 9.07 Å². The first-order chi connectivity index (χ1) is 29.3. The zero-order chi connectivity index (χ0) is 45.0. The molecule has 0 aliphatic heterocycles. The Hall–Kier alpha value is -3.45. The third-order valence-electron chi connectivity index (χ3n) is 13.2. The van der Waals surface area contributed by atoms with Gasteiger partial charge in [-0.1, -0.05) is 253 Å². The van der Waals surface area contributed by atoms with Gasteiger partial charge >= 0.3 is 0 Å². The Balaban J connectivity index is 0. The van der Waals surface area contributed by atoms with Crippen molar-refractivity contribution in [1.29, 1.82) is 0 Å². The number of ketones is 1. The molecule has 1 heteroatoms. The standard InChI is InChI=1S/C15H14O.C15H28.C10H14.C9H12.C8H16.C3H8.3H2/c1-11-6-8-13(9-7-11)15(16)14-5-3-4-12(2)10-14;1-12-3-7-14(8-4-12)11-15-9-5-13(2)6-10-15;1-3-9-5-7-10(4-2)8-6-9;1-3-9-6-4-5-8(2)7-9;1-7-3-5-8(2)6-4-7;1-3-2;;;/h3-10H,1-2H3;12-15H,3-11H2,1-2H3;5-8H,3-4H2,1-2H3;4-7H,3H2,1-2H3;7-8H,3-6H2,1-2H3;3H2,1-2H3;3*1H. The van der Waals surface area contributed by atoms with E-state index in [2.05, 4.69) is 118 Å². The summed E-state index contributed by atoms with van der Waals surface area (Å²) in [7, 11) is 0. The Morgan fingerprint density at radius 1 is 0.426 bits per heavy atom. The second kappa shape index (κ2) is 31.4. The van der Waals surface area contributed by atoms with Crippen LogP contribution >= 0.6 is 0 Å². The molecule has 4 aromatic rings. The van der Waals surface area contributed by atoms with Gasteiger partial charge in [0, 0.05) is 15.4 Å². The van der Waals surface area contributed by atoms with Crippen LogP contribution in [0.4, 0.5) is 0 Å². The van der Waals surface area contributed by atoms with Crippen LogP contribution in [0.15, 0.2) is 97.1 Å². The van der Waals surface area contributed by atoms with E-state index in [1.165, 1.54) is 111 Å². The Morgan fingerprint density at radius 2 is 0.787 bits per heavy atom. The van der Waals surface area contributed by atoms with Crippen LogP contribution in [0, 0.1) is 56.3 Å². The van der Waals surface area contributed by atoms with E-state index in [0.717, 1.165) is 71.5 Å². The molecule has 1 nitrogen and oxygen atoms in total. The lowest BCUT2D eigenvalue weighted by Gasteiger charge is -2.32. The normalized spacial score (nSPS) is 21.7. The molecular formula is C60H98O. The van der Waals surface area contributed by atoms with Gasteiger partial charge in [-0.3, -0.25) is 4.79 Å². The summed E-state index contributed by atoms with van der Waals surface area (Å²) in [4.78, 5) is 12.1. The highest BCUT2D eigenvalue weighted by Gasteiger charge is 2.24. The van der Waals surface area contributed by atoms with E-state index in [1.807, 2.05) is 62.4 Å². The molecule has 3 saturated carbocycles. The minimum Gasteiger partial charge on any atom is -0.289 e. The van der Waals surface area contributed by atoms with E-state index in [1.54, 1.807) is 6.42 Å². The van der Waals surface area contributed by atoms with Gasteiger partial charge in [-0.05, 0) is 105 Å². The van der Waals surface area contributed by atoms with Crippen molar-refractivity contribution in [3.63, 3.8) is 0 Å². The molecule has 0 atom stereocenters. The Labute approximate surface area is 382 Å². The fourth-order valence-corrected chi connectivity index (χ4v) is 8.63. The summed E-state index contributed by atoms with van der Waals surface area (Å²) < 4.78 is 0. The lowest BCUT2D eigenvalue weighted by atomic mass is 9.74. The van der Waals surface area contributed by atoms with E-state index in [-0.39, 0.29) is 10.1 Å². The molecule has 0 radical (unpaired) electrons. The number of carbonyl (C=O) groups excluding carboxylic acids is 1. The molecule has 61 heavy (non-hydrogen) atoms. The lowest BCUT2D eigenvalue weighted by Crippen LogP contribution is -2.19. The summed E-state index contributed by atoms with van der Waals surface area (Å²) in [5.41, 5.74) is 9.41. The Kier molecular flexibility index (Phi) is 27.6. The summed E-state index contributed by atoms with van der Waals surface area (Å²) in [5.74, 6) is 6.36. The van der Waals surface area contributed by atoms with Crippen molar-refractivity contribution in [2.24, 2.45) is 35.5 Å². The van der Waals surface area contributed by atoms with Crippen molar-refractivity contribution in [3.05, 3.63) is 142 Å². The average molecular weight is 835 g/mol. The highest BCUT2D eigenvalue weighted by Crippen LogP contribution is 2.38. The smallest absolute Gasteiger partial charge is 0.193 e. The zero-order valence-electron chi connectivity index (χ0n) is 41.6. The summed E-state index contributed by atoms with van der Waals surface area (Å²) in [6, 6.07) is 32.8. The second-order valence-corrected chi connectivity index (χ2v) is 19.5. The molecule has 7 rings (SSSR count). The maximum absolute atomic E-state index is 12.1. The maximum atomic E-state index is 12.1. The first kappa shape index (κ1) is 53.7. The van der Waals surface area contributed by atoms with Gasteiger partial charge in [0.05, 0.1) is 0 Å². The maximum Gasteiger partial charge on any atom is 0.193 e. The SMILES string of the molecule is CC1CCC(C)CC1.CC1CCC(CC2CCC(C)CC2)CC1.CCC.CCc1ccc(CC)cc1.CCc1cccc(C)c1.Cc1ccc(C(=O)c2cccc(C)c2)cc1.[HH].[HH].[HH]. The van der Waals surface area contributed by atoms with E-state index in [4.69, 9.17) is 0 Å². The van der Waals surface area contributed by atoms with Crippen LogP contribution in [0.2, 0.25) is 0 Å². The molecule has 0 aromatic heterocycles. The van der Waals surface area contributed by atoms with Crippen LogP contribution in [-0.4, -0.2) is 5.78 Å². The van der Waals surface area contributed by atoms with Crippen molar-refractivity contribution in [2.75, 3.05) is 0 Å². The largest absolute Gasteiger partial charge is 0.289 e. The third kappa shape index (κ3) is 23.5. The fraction of sp³-hybridized carbons (Fsp3) is 0.583. The average Bonchev–Trinajstić information content (AvgIpc) is 3.27. The zero-order valence-corrected chi connectivity index (χ0v) is 41.6. The lowest BCUT2D eigenvalue weighted by molar-refractivity contribution is 0.103. The summed E-state index contributed by atoms with van der Waals surface area (Å²) in [6.07, 6.45) is 24.3. The van der Waals surface area contributed by atoms with Crippen LogP contribution in [0.25, 0.3) is 0 Å². The van der Waals surface area contributed by atoms with Gasteiger partial charge in [-0.15, -0.1) is 0 Å². The van der Waals surface area contributed by atoms with E-state index >= 15 is 0 Å². The van der Waals surface area contributed by atoms with Crippen LogP contribution < -0.4 is 0 Å². The molecule has 0 heterocycles. The van der Waals surface area contributed by atoms with Crippen LogP contribution in [0.3, 0.4) is 0 Å². The van der Waals surface area contributed by atoms with E-state index < -0.39 is 0 Å². The Morgan fingerprint density at radius 3 is 1.13 bits per heavy atom. The van der Waals surface area contributed by atoms with Gasteiger partial charge in [0.2, 0.25) is 0 Å². The quantitative estimate of drug-likeness (QED) is 0.170. The molecule has 4 aromatic carbocycles. The van der Waals surface area contributed by atoms with Crippen LogP contribution in [0.1, 0.15) is 206 Å². The highest BCUT2D eigenvalue weighted by atomic mass is 16.1. The topological polar surface area (TPSA) is 17.1 Å².